The molecule has 0 aromatic heterocycles. The van der Waals surface area contributed by atoms with Gasteiger partial charge in [-0.15, -0.1) is 0 Å². The van der Waals surface area contributed by atoms with Gasteiger partial charge in [0.05, 0.1) is 6.10 Å². The summed E-state index contributed by atoms with van der Waals surface area (Å²) in [6.07, 6.45) is 5.71. The van der Waals surface area contributed by atoms with Crippen molar-refractivity contribution in [1.29, 1.82) is 0 Å². The van der Waals surface area contributed by atoms with Crippen molar-refractivity contribution in [1.82, 2.24) is 5.32 Å². The van der Waals surface area contributed by atoms with Gasteiger partial charge in [0.25, 0.3) is 0 Å². The van der Waals surface area contributed by atoms with Gasteiger partial charge in [-0.25, -0.2) is 0 Å². The van der Waals surface area contributed by atoms with Crippen LogP contribution in [0.1, 0.15) is 52.0 Å². The third-order valence-electron chi connectivity index (χ3n) is 4.31. The highest BCUT2D eigenvalue weighted by molar-refractivity contribution is 5.33. The Morgan fingerprint density at radius 2 is 2.00 bits per heavy atom. The van der Waals surface area contributed by atoms with Gasteiger partial charge in [-0.1, -0.05) is 31.5 Å². The van der Waals surface area contributed by atoms with Crippen LogP contribution in [0, 0.1) is 5.41 Å². The van der Waals surface area contributed by atoms with Crippen LogP contribution >= 0.6 is 0 Å². The average Bonchev–Trinajstić information content (AvgIpc) is 2.34. The summed E-state index contributed by atoms with van der Waals surface area (Å²) < 4.78 is 5.85. The minimum absolute atomic E-state index is 0.231. The maximum absolute atomic E-state index is 5.85. The molecule has 0 saturated heterocycles. The van der Waals surface area contributed by atoms with Gasteiger partial charge in [-0.2, -0.15) is 0 Å². The molecule has 1 aliphatic carbocycles. The van der Waals surface area contributed by atoms with Crippen LogP contribution < -0.4 is 10.1 Å². The van der Waals surface area contributed by atoms with Crippen molar-refractivity contribution in [2.75, 3.05) is 6.54 Å². The molecule has 106 valence electrons. The van der Waals surface area contributed by atoms with Crippen molar-refractivity contribution < 1.29 is 4.74 Å². The zero-order chi connectivity index (χ0) is 13.7. The standard InChI is InChI=1S/C17H27NO/c1-4-17(10-7-11-17)13-18-12-15-8-5-6-9-16(15)19-14(2)3/h5-6,8-9,14,18H,4,7,10-13H2,1-3H3. The Morgan fingerprint density at radius 1 is 1.26 bits per heavy atom. The molecule has 1 saturated carbocycles. The zero-order valence-electron chi connectivity index (χ0n) is 12.5. The second-order valence-corrected chi connectivity index (χ2v) is 6.08. The molecular formula is C17H27NO. The summed E-state index contributed by atoms with van der Waals surface area (Å²) in [5.74, 6) is 1.02. The number of ether oxygens (including phenoxy) is 1. The molecule has 1 aliphatic rings. The summed E-state index contributed by atoms with van der Waals surface area (Å²) in [6, 6.07) is 8.35. The normalized spacial score (nSPS) is 17.3. The Labute approximate surface area is 117 Å². The molecular weight excluding hydrogens is 234 g/mol. The van der Waals surface area contributed by atoms with Gasteiger partial charge in [-0.3, -0.25) is 0 Å². The van der Waals surface area contributed by atoms with E-state index in [-0.39, 0.29) is 6.10 Å². The Kier molecular flexibility index (Phi) is 4.87. The Hall–Kier alpha value is -1.02. The first-order valence-electron chi connectivity index (χ1n) is 7.60. The van der Waals surface area contributed by atoms with Gasteiger partial charge >= 0.3 is 0 Å². The summed E-state index contributed by atoms with van der Waals surface area (Å²) in [5, 5.41) is 3.63. The van der Waals surface area contributed by atoms with Crippen LogP contribution in [0.15, 0.2) is 24.3 Å². The Balaban J connectivity index is 1.88. The molecule has 2 nitrogen and oxygen atoms in total. The number of benzene rings is 1. The first-order valence-corrected chi connectivity index (χ1v) is 7.60. The molecule has 0 heterocycles. The first-order chi connectivity index (χ1) is 9.15. The van der Waals surface area contributed by atoms with Gasteiger partial charge in [0.1, 0.15) is 5.75 Å². The Morgan fingerprint density at radius 3 is 2.58 bits per heavy atom. The van der Waals surface area contributed by atoms with E-state index in [1.54, 1.807) is 0 Å². The molecule has 1 aromatic rings. The van der Waals surface area contributed by atoms with Crippen molar-refractivity contribution in [3.63, 3.8) is 0 Å². The van der Waals surface area contributed by atoms with Crippen LogP contribution in [-0.2, 0) is 6.54 Å². The predicted molar refractivity (Wildman–Crippen MR) is 80.5 cm³/mol. The SMILES string of the molecule is CCC1(CNCc2ccccc2OC(C)C)CCC1. The fraction of sp³-hybridized carbons (Fsp3) is 0.647. The average molecular weight is 261 g/mol. The number of hydrogen-bond donors (Lipinski definition) is 1. The Bertz CT molecular complexity index is 390. The van der Waals surface area contributed by atoms with Gasteiger partial charge in [0.2, 0.25) is 0 Å². The fourth-order valence-corrected chi connectivity index (χ4v) is 2.81. The van der Waals surface area contributed by atoms with E-state index in [0.717, 1.165) is 18.8 Å². The van der Waals surface area contributed by atoms with Crippen molar-refractivity contribution in [3.8, 4) is 5.75 Å². The fourth-order valence-electron chi connectivity index (χ4n) is 2.81. The first kappa shape index (κ1) is 14.4. The van der Waals surface area contributed by atoms with Crippen LogP contribution in [0.2, 0.25) is 0 Å². The third kappa shape index (κ3) is 3.73. The highest BCUT2D eigenvalue weighted by Gasteiger charge is 2.34. The van der Waals surface area contributed by atoms with E-state index < -0.39 is 0 Å². The van der Waals surface area contributed by atoms with Crippen LogP contribution in [0.25, 0.3) is 0 Å². The van der Waals surface area contributed by atoms with Gasteiger partial charge in [-0.05, 0) is 44.6 Å². The van der Waals surface area contributed by atoms with E-state index in [9.17, 15) is 0 Å². The molecule has 0 aliphatic heterocycles. The van der Waals surface area contributed by atoms with E-state index in [0.29, 0.717) is 5.41 Å². The molecule has 1 N–H and O–H groups in total. The molecule has 0 bridgehead atoms. The molecule has 0 unspecified atom stereocenters. The van der Waals surface area contributed by atoms with Crippen molar-refractivity contribution in [2.45, 2.75) is 59.1 Å². The van der Waals surface area contributed by atoms with Gasteiger partial charge < -0.3 is 10.1 Å². The number of hydrogen-bond acceptors (Lipinski definition) is 2. The van der Waals surface area contributed by atoms with E-state index >= 15 is 0 Å². The van der Waals surface area contributed by atoms with Crippen LogP contribution in [0.5, 0.6) is 5.75 Å². The van der Waals surface area contributed by atoms with Crippen molar-refractivity contribution in [3.05, 3.63) is 29.8 Å². The molecule has 2 heteroatoms. The summed E-state index contributed by atoms with van der Waals surface area (Å²) in [7, 11) is 0. The number of para-hydroxylation sites is 1. The monoisotopic (exact) mass is 261 g/mol. The highest BCUT2D eigenvalue weighted by atomic mass is 16.5. The molecule has 0 spiro atoms. The predicted octanol–water partition coefficient (Wildman–Crippen LogP) is 4.14. The van der Waals surface area contributed by atoms with Crippen LogP contribution in [0.4, 0.5) is 0 Å². The molecule has 19 heavy (non-hydrogen) atoms. The second-order valence-electron chi connectivity index (χ2n) is 6.08. The summed E-state index contributed by atoms with van der Waals surface area (Å²) in [5.41, 5.74) is 1.84. The quantitative estimate of drug-likeness (QED) is 0.796. The molecule has 1 aromatic carbocycles. The van der Waals surface area contributed by atoms with Gasteiger partial charge in [0, 0.05) is 18.7 Å². The number of rotatable bonds is 7. The van der Waals surface area contributed by atoms with Crippen molar-refractivity contribution in [2.24, 2.45) is 5.41 Å². The topological polar surface area (TPSA) is 21.3 Å². The lowest BCUT2D eigenvalue weighted by atomic mass is 9.67. The lowest BCUT2D eigenvalue weighted by Crippen LogP contribution is -2.39. The molecule has 0 amide bonds. The minimum atomic E-state index is 0.231. The van der Waals surface area contributed by atoms with Gasteiger partial charge in [0.15, 0.2) is 0 Å². The van der Waals surface area contributed by atoms with E-state index in [1.165, 1.54) is 31.2 Å². The molecule has 1 fully saturated rings. The number of nitrogens with one attached hydrogen (secondary N) is 1. The third-order valence-corrected chi connectivity index (χ3v) is 4.31. The smallest absolute Gasteiger partial charge is 0.124 e. The van der Waals surface area contributed by atoms with Crippen LogP contribution in [-0.4, -0.2) is 12.6 Å². The summed E-state index contributed by atoms with van der Waals surface area (Å²) in [6.45, 7) is 8.51. The van der Waals surface area contributed by atoms with E-state index in [2.05, 4.69) is 44.3 Å². The lowest BCUT2D eigenvalue weighted by molar-refractivity contribution is 0.123. The lowest BCUT2D eigenvalue weighted by Gasteiger charge is -2.41. The second kappa shape index (κ2) is 6.42. The maximum Gasteiger partial charge on any atom is 0.124 e. The summed E-state index contributed by atoms with van der Waals surface area (Å²) >= 11 is 0. The van der Waals surface area contributed by atoms with Crippen LogP contribution in [0.3, 0.4) is 0 Å². The van der Waals surface area contributed by atoms with E-state index in [4.69, 9.17) is 4.74 Å². The molecule has 0 radical (unpaired) electrons. The maximum atomic E-state index is 5.85. The minimum Gasteiger partial charge on any atom is -0.491 e. The summed E-state index contributed by atoms with van der Waals surface area (Å²) in [4.78, 5) is 0. The molecule has 2 rings (SSSR count). The van der Waals surface area contributed by atoms with E-state index in [1.807, 2.05) is 6.07 Å². The molecule has 0 atom stereocenters. The highest BCUT2D eigenvalue weighted by Crippen LogP contribution is 2.43. The largest absolute Gasteiger partial charge is 0.491 e. The zero-order valence-corrected chi connectivity index (χ0v) is 12.5. The van der Waals surface area contributed by atoms with Crippen molar-refractivity contribution >= 4 is 0 Å².